The molecule has 0 aliphatic carbocycles. The monoisotopic (exact) mass is 333 g/mol. The highest BCUT2D eigenvalue weighted by Crippen LogP contribution is 2.30. The van der Waals surface area contributed by atoms with Crippen LogP contribution in [0.3, 0.4) is 0 Å². The summed E-state index contributed by atoms with van der Waals surface area (Å²) >= 11 is 11.0. The average Bonchev–Trinajstić information content (AvgIpc) is 2.69. The van der Waals surface area contributed by atoms with Crippen molar-refractivity contribution in [2.45, 2.75) is 13.0 Å². The van der Waals surface area contributed by atoms with Crippen LogP contribution < -0.4 is 5.32 Å². The van der Waals surface area contributed by atoms with Gasteiger partial charge in [-0.05, 0) is 47.1 Å². The van der Waals surface area contributed by atoms with E-state index in [9.17, 15) is 4.39 Å². The molecule has 1 aromatic carbocycles. The molecule has 0 fully saturated rings. The number of thiophene rings is 1. The Hall–Kier alpha value is -0.580. The largest absolute Gasteiger partial charge is 0.376 e. The first-order chi connectivity index (χ1) is 8.06. The molecule has 0 aliphatic heterocycles. The van der Waals surface area contributed by atoms with Crippen molar-refractivity contribution in [3.05, 3.63) is 49.8 Å². The van der Waals surface area contributed by atoms with Crippen molar-refractivity contribution in [1.82, 2.24) is 0 Å². The summed E-state index contributed by atoms with van der Waals surface area (Å²) in [5.74, 6) is -0.327. The standard InChI is InChI=1S/C12H10BrClFNS/c1-7(12-4-8(13)6-17-12)16-11-3-2-9(15)5-10(11)14/h2-7,16H,1H3. The second kappa shape index (κ2) is 5.38. The third-order valence-corrected chi connectivity index (χ3v) is 4.51. The molecule has 2 aromatic rings. The van der Waals surface area contributed by atoms with Gasteiger partial charge in [0.05, 0.1) is 16.8 Å². The van der Waals surface area contributed by atoms with Crippen LogP contribution in [0.15, 0.2) is 34.1 Å². The van der Waals surface area contributed by atoms with Gasteiger partial charge < -0.3 is 5.32 Å². The first-order valence-corrected chi connectivity index (χ1v) is 7.07. The van der Waals surface area contributed by atoms with Crippen LogP contribution in [0.25, 0.3) is 0 Å². The van der Waals surface area contributed by atoms with Crippen LogP contribution in [0.2, 0.25) is 5.02 Å². The van der Waals surface area contributed by atoms with Gasteiger partial charge in [-0.25, -0.2) is 4.39 Å². The molecule has 1 aromatic heterocycles. The van der Waals surface area contributed by atoms with Gasteiger partial charge in [0.15, 0.2) is 0 Å². The Morgan fingerprint density at radius 2 is 2.18 bits per heavy atom. The topological polar surface area (TPSA) is 12.0 Å². The fourth-order valence-electron chi connectivity index (χ4n) is 1.47. The lowest BCUT2D eigenvalue weighted by atomic mass is 10.2. The highest BCUT2D eigenvalue weighted by Gasteiger charge is 2.10. The van der Waals surface area contributed by atoms with Gasteiger partial charge in [0.1, 0.15) is 5.82 Å². The SMILES string of the molecule is CC(Nc1ccc(F)cc1Cl)c1cc(Br)cs1. The zero-order chi connectivity index (χ0) is 12.4. The van der Waals surface area contributed by atoms with Gasteiger partial charge in [-0.2, -0.15) is 0 Å². The summed E-state index contributed by atoms with van der Waals surface area (Å²) < 4.78 is 14.0. The van der Waals surface area contributed by atoms with Gasteiger partial charge in [-0.3, -0.25) is 0 Å². The Balaban J connectivity index is 2.15. The Bertz CT molecular complexity index is 529. The molecule has 1 heterocycles. The number of hydrogen-bond acceptors (Lipinski definition) is 2. The lowest BCUT2D eigenvalue weighted by Gasteiger charge is -2.14. The van der Waals surface area contributed by atoms with Crippen LogP contribution in [-0.4, -0.2) is 0 Å². The van der Waals surface area contributed by atoms with Crippen LogP contribution in [0.1, 0.15) is 17.8 Å². The molecule has 90 valence electrons. The number of rotatable bonds is 3. The summed E-state index contributed by atoms with van der Waals surface area (Å²) in [6.45, 7) is 2.04. The smallest absolute Gasteiger partial charge is 0.124 e. The minimum Gasteiger partial charge on any atom is -0.376 e. The van der Waals surface area contributed by atoms with Crippen LogP contribution in [0.4, 0.5) is 10.1 Å². The van der Waals surface area contributed by atoms with Gasteiger partial charge in [0, 0.05) is 14.7 Å². The van der Waals surface area contributed by atoms with Gasteiger partial charge in [0.2, 0.25) is 0 Å². The summed E-state index contributed by atoms with van der Waals surface area (Å²) in [4.78, 5) is 1.19. The maximum absolute atomic E-state index is 12.9. The van der Waals surface area contributed by atoms with Crippen molar-refractivity contribution in [2.75, 3.05) is 5.32 Å². The van der Waals surface area contributed by atoms with Gasteiger partial charge in [0.25, 0.3) is 0 Å². The molecule has 0 bridgehead atoms. The average molecular weight is 335 g/mol. The van der Waals surface area contributed by atoms with Crippen LogP contribution in [-0.2, 0) is 0 Å². The number of benzene rings is 1. The van der Waals surface area contributed by atoms with E-state index in [0.717, 1.165) is 10.2 Å². The van der Waals surface area contributed by atoms with Crippen LogP contribution in [0, 0.1) is 5.82 Å². The second-order valence-corrected chi connectivity index (χ2v) is 5.92. The number of hydrogen-bond donors (Lipinski definition) is 1. The lowest BCUT2D eigenvalue weighted by molar-refractivity contribution is 0.628. The van der Waals surface area contributed by atoms with E-state index in [2.05, 4.69) is 27.3 Å². The second-order valence-electron chi connectivity index (χ2n) is 3.66. The molecule has 0 radical (unpaired) electrons. The third-order valence-electron chi connectivity index (χ3n) is 2.32. The Morgan fingerprint density at radius 1 is 1.41 bits per heavy atom. The van der Waals surface area contributed by atoms with Crippen molar-refractivity contribution in [3.8, 4) is 0 Å². The van der Waals surface area contributed by atoms with E-state index in [1.54, 1.807) is 17.4 Å². The molecule has 1 atom stereocenters. The summed E-state index contributed by atoms with van der Waals surface area (Å²) in [6.07, 6.45) is 0. The number of nitrogens with one attached hydrogen (secondary N) is 1. The molecule has 0 amide bonds. The third kappa shape index (κ3) is 3.21. The Kier molecular flexibility index (Phi) is 4.07. The highest BCUT2D eigenvalue weighted by molar-refractivity contribution is 9.10. The fourth-order valence-corrected chi connectivity index (χ4v) is 3.14. The van der Waals surface area contributed by atoms with Crippen molar-refractivity contribution >= 4 is 44.6 Å². The summed E-state index contributed by atoms with van der Waals surface area (Å²) in [5.41, 5.74) is 0.741. The first kappa shape index (κ1) is 12.9. The van der Waals surface area contributed by atoms with E-state index >= 15 is 0 Å². The van der Waals surface area contributed by atoms with Gasteiger partial charge in [-0.1, -0.05) is 11.6 Å². The molecular formula is C12H10BrClFNS. The molecule has 0 saturated heterocycles. The molecule has 2 rings (SSSR count). The Labute approximate surface area is 117 Å². The molecule has 0 aliphatic rings. The molecule has 5 heteroatoms. The predicted molar refractivity (Wildman–Crippen MR) is 75.5 cm³/mol. The van der Waals surface area contributed by atoms with Crippen molar-refractivity contribution in [2.24, 2.45) is 0 Å². The maximum atomic E-state index is 12.9. The van der Waals surface area contributed by atoms with E-state index < -0.39 is 0 Å². The summed E-state index contributed by atoms with van der Waals surface area (Å²) in [6, 6.07) is 6.54. The molecule has 1 unspecified atom stereocenters. The zero-order valence-electron chi connectivity index (χ0n) is 9.01. The normalized spacial score (nSPS) is 12.5. The minimum atomic E-state index is -0.327. The van der Waals surface area contributed by atoms with Crippen molar-refractivity contribution < 1.29 is 4.39 Å². The molecule has 17 heavy (non-hydrogen) atoms. The van der Waals surface area contributed by atoms with E-state index in [4.69, 9.17) is 11.6 Å². The lowest BCUT2D eigenvalue weighted by Crippen LogP contribution is -2.05. The molecule has 1 N–H and O–H groups in total. The minimum absolute atomic E-state index is 0.134. The van der Waals surface area contributed by atoms with E-state index in [1.165, 1.54) is 17.0 Å². The number of halogens is 3. The molecular weight excluding hydrogens is 325 g/mol. The summed E-state index contributed by atoms with van der Waals surface area (Å²) in [7, 11) is 0. The predicted octanol–water partition coefficient (Wildman–Crippen LogP) is 5.48. The van der Waals surface area contributed by atoms with E-state index in [1.807, 2.05) is 12.3 Å². The molecule has 1 nitrogen and oxygen atoms in total. The van der Waals surface area contributed by atoms with Gasteiger partial charge >= 0.3 is 0 Å². The van der Waals surface area contributed by atoms with Crippen molar-refractivity contribution in [3.63, 3.8) is 0 Å². The highest BCUT2D eigenvalue weighted by atomic mass is 79.9. The van der Waals surface area contributed by atoms with Crippen LogP contribution in [0.5, 0.6) is 0 Å². The number of anilines is 1. The maximum Gasteiger partial charge on any atom is 0.124 e. The van der Waals surface area contributed by atoms with E-state index in [0.29, 0.717) is 5.02 Å². The molecule has 0 saturated carbocycles. The molecule has 0 spiro atoms. The van der Waals surface area contributed by atoms with Gasteiger partial charge in [-0.15, -0.1) is 11.3 Å². The van der Waals surface area contributed by atoms with Crippen molar-refractivity contribution in [1.29, 1.82) is 0 Å². The Morgan fingerprint density at radius 3 is 2.76 bits per heavy atom. The zero-order valence-corrected chi connectivity index (χ0v) is 12.2. The fraction of sp³-hybridized carbons (Fsp3) is 0.167. The summed E-state index contributed by atoms with van der Waals surface area (Å²) in [5, 5.41) is 5.68. The first-order valence-electron chi connectivity index (χ1n) is 5.02. The van der Waals surface area contributed by atoms with Crippen LogP contribution >= 0.6 is 38.9 Å². The quantitative estimate of drug-likeness (QED) is 0.784. The van der Waals surface area contributed by atoms with E-state index in [-0.39, 0.29) is 11.9 Å².